The molecule has 176 valence electrons. The molecule has 5 heteroatoms. The van der Waals surface area contributed by atoms with Crippen molar-refractivity contribution in [3.05, 3.63) is 90.0 Å². The van der Waals surface area contributed by atoms with E-state index >= 15 is 0 Å². The number of halogens is 1. The van der Waals surface area contributed by atoms with Crippen LogP contribution in [0, 0.1) is 18.8 Å². The zero-order valence-electron chi connectivity index (χ0n) is 20.0. The Hall–Kier alpha value is -2.40. The van der Waals surface area contributed by atoms with Gasteiger partial charge in [-0.1, -0.05) is 74.5 Å². The van der Waals surface area contributed by atoms with Gasteiger partial charge in [-0.25, -0.2) is 9.13 Å². The van der Waals surface area contributed by atoms with Crippen LogP contribution in [-0.2, 0) is 16.8 Å². The number of carbonyl (C=O) groups is 1. The number of nitrogens with zero attached hydrogens (tertiary/aromatic N) is 2. The standard InChI is InChI=1S/C28H35N3O.BrH/c1-21(2)16-17-30-18-19-31(22(30)3)26-15-14-25(20-26)28(27(29)32,23-10-6-4-7-11-23)24-12-8-5-9-13-24;/h4-13,18-19,21,25-26H,14-17,20H2,1-3H3,(H-,29,32);1H/t25-,26-;/m1./s1. The lowest BCUT2D eigenvalue weighted by molar-refractivity contribution is -0.703. The molecule has 1 aliphatic carbocycles. The van der Waals surface area contributed by atoms with Gasteiger partial charge in [-0.2, -0.15) is 0 Å². The predicted molar refractivity (Wildman–Crippen MR) is 128 cm³/mol. The highest BCUT2D eigenvalue weighted by Gasteiger charge is 2.51. The fourth-order valence-corrected chi connectivity index (χ4v) is 5.67. The van der Waals surface area contributed by atoms with E-state index in [4.69, 9.17) is 5.73 Å². The van der Waals surface area contributed by atoms with Gasteiger partial charge in [0.2, 0.25) is 5.91 Å². The summed E-state index contributed by atoms with van der Waals surface area (Å²) < 4.78 is 4.78. The maximum absolute atomic E-state index is 13.3. The summed E-state index contributed by atoms with van der Waals surface area (Å²) in [5, 5.41) is 0. The Kier molecular flexibility index (Phi) is 8.17. The van der Waals surface area contributed by atoms with Gasteiger partial charge in [0, 0.05) is 6.92 Å². The summed E-state index contributed by atoms with van der Waals surface area (Å²) in [4.78, 5) is 13.3. The summed E-state index contributed by atoms with van der Waals surface area (Å²) in [5.41, 5.74) is 7.44. The van der Waals surface area contributed by atoms with Crippen LogP contribution in [0.25, 0.3) is 0 Å². The molecule has 3 aromatic rings. The Bertz CT molecular complexity index is 1010. The number of imidazole rings is 1. The molecule has 0 unspecified atom stereocenters. The molecule has 1 heterocycles. The summed E-state index contributed by atoms with van der Waals surface area (Å²) in [7, 11) is 0. The summed E-state index contributed by atoms with van der Waals surface area (Å²) in [6.07, 6.45) is 8.57. The Morgan fingerprint density at radius 3 is 2.15 bits per heavy atom. The van der Waals surface area contributed by atoms with Crippen LogP contribution in [0.1, 0.15) is 62.5 Å². The fraction of sp³-hybridized carbons (Fsp3) is 0.429. The molecular formula is C28H36BrN3O. The first-order chi connectivity index (χ1) is 15.4. The van der Waals surface area contributed by atoms with E-state index in [2.05, 4.69) is 66.6 Å². The summed E-state index contributed by atoms with van der Waals surface area (Å²) in [5.74, 6) is 1.88. The Morgan fingerprint density at radius 1 is 1.06 bits per heavy atom. The maximum Gasteiger partial charge on any atom is 0.253 e. The van der Waals surface area contributed by atoms with Gasteiger partial charge < -0.3 is 22.7 Å². The van der Waals surface area contributed by atoms with Crippen LogP contribution >= 0.6 is 0 Å². The lowest BCUT2D eigenvalue weighted by Gasteiger charge is -2.37. The number of primary amides is 1. The van der Waals surface area contributed by atoms with Gasteiger partial charge in [0.25, 0.3) is 5.82 Å². The van der Waals surface area contributed by atoms with E-state index < -0.39 is 5.41 Å². The lowest BCUT2D eigenvalue weighted by Crippen LogP contribution is -3.00. The molecule has 0 spiro atoms. The van der Waals surface area contributed by atoms with Crippen molar-refractivity contribution in [1.29, 1.82) is 0 Å². The van der Waals surface area contributed by atoms with Crippen molar-refractivity contribution in [3.8, 4) is 0 Å². The first kappa shape index (κ1) is 25.2. The minimum Gasteiger partial charge on any atom is -1.00 e. The van der Waals surface area contributed by atoms with Gasteiger partial charge in [0.05, 0.1) is 6.54 Å². The normalized spacial score (nSPS) is 18.3. The summed E-state index contributed by atoms with van der Waals surface area (Å²) >= 11 is 0. The first-order valence-corrected chi connectivity index (χ1v) is 11.9. The minimum atomic E-state index is -0.814. The number of hydrogen-bond donors (Lipinski definition) is 1. The number of aryl methyl sites for hydroxylation is 1. The van der Waals surface area contributed by atoms with Crippen molar-refractivity contribution < 1.29 is 26.3 Å². The third kappa shape index (κ3) is 4.79. The molecule has 1 aliphatic rings. The number of amides is 1. The molecule has 4 nitrogen and oxygen atoms in total. The van der Waals surface area contributed by atoms with Gasteiger partial charge in [-0.15, -0.1) is 0 Å². The third-order valence-electron chi connectivity index (χ3n) is 7.40. The topological polar surface area (TPSA) is 51.9 Å². The highest BCUT2D eigenvalue weighted by molar-refractivity contribution is 5.91. The van der Waals surface area contributed by atoms with Crippen molar-refractivity contribution in [2.75, 3.05) is 0 Å². The molecule has 33 heavy (non-hydrogen) atoms. The van der Waals surface area contributed by atoms with Gasteiger partial charge in [0.1, 0.15) is 23.9 Å². The molecule has 4 rings (SSSR count). The van der Waals surface area contributed by atoms with E-state index in [0.29, 0.717) is 12.0 Å². The van der Waals surface area contributed by atoms with E-state index in [0.717, 1.165) is 36.9 Å². The van der Waals surface area contributed by atoms with Crippen molar-refractivity contribution in [1.82, 2.24) is 4.57 Å². The molecule has 2 N–H and O–H groups in total. The number of carbonyl (C=O) groups excluding carboxylic acids is 1. The zero-order chi connectivity index (χ0) is 22.7. The van der Waals surface area contributed by atoms with Crippen LogP contribution in [0.15, 0.2) is 73.1 Å². The second kappa shape index (κ2) is 10.7. The molecule has 1 fully saturated rings. The number of hydrogen-bond acceptors (Lipinski definition) is 1. The SMILES string of the molecule is Cc1n([C@@H]2CC[C@@H](C(C(N)=O)(c3ccccc3)c3ccccc3)C2)cc[n+]1CCC(C)C.[Br-]. The molecule has 0 aliphatic heterocycles. The molecular weight excluding hydrogens is 474 g/mol. The molecule has 2 aromatic carbocycles. The maximum atomic E-state index is 13.3. The van der Waals surface area contributed by atoms with Crippen molar-refractivity contribution in [3.63, 3.8) is 0 Å². The van der Waals surface area contributed by atoms with Crippen LogP contribution in [-0.4, -0.2) is 10.5 Å². The quantitative estimate of drug-likeness (QED) is 0.463. The highest BCUT2D eigenvalue weighted by Crippen LogP contribution is 2.49. The van der Waals surface area contributed by atoms with Crippen LogP contribution < -0.4 is 27.3 Å². The molecule has 0 bridgehead atoms. The lowest BCUT2D eigenvalue weighted by atomic mass is 9.64. The monoisotopic (exact) mass is 509 g/mol. The minimum absolute atomic E-state index is 0. The van der Waals surface area contributed by atoms with E-state index in [1.54, 1.807) is 0 Å². The molecule has 1 aromatic heterocycles. The fourth-order valence-electron chi connectivity index (χ4n) is 5.67. The average Bonchev–Trinajstić information content (AvgIpc) is 3.41. The van der Waals surface area contributed by atoms with E-state index in [1.807, 2.05) is 36.4 Å². The second-order valence-electron chi connectivity index (χ2n) is 9.70. The van der Waals surface area contributed by atoms with Gasteiger partial charge >= 0.3 is 0 Å². The van der Waals surface area contributed by atoms with Gasteiger partial charge in [-0.05, 0) is 48.6 Å². The largest absolute Gasteiger partial charge is 1.00 e. The van der Waals surface area contributed by atoms with E-state index in [1.165, 1.54) is 12.2 Å². The number of benzene rings is 2. The third-order valence-corrected chi connectivity index (χ3v) is 7.40. The van der Waals surface area contributed by atoms with Crippen molar-refractivity contribution >= 4 is 5.91 Å². The van der Waals surface area contributed by atoms with Crippen LogP contribution in [0.5, 0.6) is 0 Å². The molecule has 1 saturated carbocycles. The Balaban J connectivity index is 0.00000306. The Labute approximate surface area is 208 Å². The average molecular weight is 511 g/mol. The number of aromatic nitrogens is 2. The van der Waals surface area contributed by atoms with E-state index in [9.17, 15) is 4.79 Å². The first-order valence-electron chi connectivity index (χ1n) is 11.9. The van der Waals surface area contributed by atoms with Gasteiger partial charge in [-0.3, -0.25) is 4.79 Å². The summed E-state index contributed by atoms with van der Waals surface area (Å²) in [6, 6.07) is 20.7. The zero-order valence-corrected chi connectivity index (χ0v) is 21.5. The molecule has 1 amide bonds. The van der Waals surface area contributed by atoms with E-state index in [-0.39, 0.29) is 28.8 Å². The second-order valence-corrected chi connectivity index (χ2v) is 9.70. The van der Waals surface area contributed by atoms with Crippen molar-refractivity contribution in [2.24, 2.45) is 17.6 Å². The molecule has 2 atom stereocenters. The predicted octanol–water partition coefficient (Wildman–Crippen LogP) is 1.95. The number of rotatable bonds is 8. The van der Waals surface area contributed by atoms with Crippen molar-refractivity contribution in [2.45, 2.75) is 64.5 Å². The van der Waals surface area contributed by atoms with Crippen LogP contribution in [0.4, 0.5) is 0 Å². The smallest absolute Gasteiger partial charge is 0.253 e. The number of nitrogens with two attached hydrogens (primary N) is 1. The molecule has 0 radical (unpaired) electrons. The highest BCUT2D eigenvalue weighted by atomic mass is 79.9. The van der Waals surface area contributed by atoms with Gasteiger partial charge in [0.15, 0.2) is 0 Å². The Morgan fingerprint density at radius 2 is 1.64 bits per heavy atom. The molecule has 0 saturated heterocycles. The van der Waals surface area contributed by atoms with Crippen LogP contribution in [0.3, 0.4) is 0 Å². The van der Waals surface area contributed by atoms with Crippen LogP contribution in [0.2, 0.25) is 0 Å². The summed E-state index contributed by atoms with van der Waals surface area (Å²) in [6.45, 7) is 7.80.